The molecule has 1 atom stereocenters. The van der Waals surface area contributed by atoms with Crippen molar-refractivity contribution in [2.75, 3.05) is 0 Å². The Kier molecular flexibility index (Phi) is 2.93. The van der Waals surface area contributed by atoms with Crippen LogP contribution < -0.4 is 0 Å². The number of rotatable bonds is 1. The van der Waals surface area contributed by atoms with Crippen molar-refractivity contribution in [1.29, 1.82) is 0 Å². The summed E-state index contributed by atoms with van der Waals surface area (Å²) in [4.78, 5) is 33.3. The van der Waals surface area contributed by atoms with Crippen molar-refractivity contribution in [3.05, 3.63) is 22.7 Å². The van der Waals surface area contributed by atoms with Gasteiger partial charge in [0.25, 0.3) is 0 Å². The normalized spacial score (nSPS) is 22.6. The monoisotopic (exact) mass is 242 g/mol. The fourth-order valence-corrected chi connectivity index (χ4v) is 1.38. The van der Waals surface area contributed by atoms with E-state index in [4.69, 9.17) is 0 Å². The Bertz CT molecular complexity index is 339. The fourth-order valence-electron chi connectivity index (χ4n) is 0.983. The minimum Gasteiger partial charge on any atom is -0.299 e. The molecule has 0 aromatic carbocycles. The zero-order valence-electron chi connectivity index (χ0n) is 6.91. The quantitative estimate of drug-likeness (QED) is 0.513. The van der Waals surface area contributed by atoms with Crippen LogP contribution in [-0.4, -0.2) is 17.3 Å². The Labute approximate surface area is 83.6 Å². The van der Waals surface area contributed by atoms with Crippen LogP contribution in [0.15, 0.2) is 22.7 Å². The largest absolute Gasteiger partial charge is 0.299 e. The predicted octanol–water partition coefficient (Wildman–Crippen LogP) is 1.18. The number of carbonyl (C=O) groups is 3. The molecule has 0 radical (unpaired) electrons. The number of allylic oxidation sites excluding steroid dienone is 4. The van der Waals surface area contributed by atoms with Crippen molar-refractivity contribution in [1.82, 2.24) is 0 Å². The van der Waals surface area contributed by atoms with E-state index < -0.39 is 17.5 Å². The van der Waals surface area contributed by atoms with E-state index in [-0.39, 0.29) is 5.78 Å². The molecule has 0 saturated heterocycles. The van der Waals surface area contributed by atoms with Crippen molar-refractivity contribution < 1.29 is 14.4 Å². The van der Waals surface area contributed by atoms with E-state index >= 15 is 0 Å². The molecule has 0 spiro atoms. The molecule has 0 aliphatic heterocycles. The summed E-state index contributed by atoms with van der Waals surface area (Å²) >= 11 is 3.12. The minimum atomic E-state index is -0.933. The second-order valence-electron chi connectivity index (χ2n) is 2.70. The van der Waals surface area contributed by atoms with Gasteiger partial charge in [-0.25, -0.2) is 0 Å². The molecule has 0 fully saturated rings. The highest BCUT2D eigenvalue weighted by Crippen LogP contribution is 2.17. The van der Waals surface area contributed by atoms with Crippen molar-refractivity contribution >= 4 is 33.3 Å². The molecular formula is C9H7BrO3. The second-order valence-corrected chi connectivity index (χ2v) is 3.62. The molecule has 1 rings (SSSR count). The summed E-state index contributed by atoms with van der Waals surface area (Å²) in [6.07, 6.45) is 4.06. The Morgan fingerprint density at radius 1 is 1.38 bits per heavy atom. The molecule has 1 unspecified atom stereocenters. The average Bonchev–Trinajstić information content (AvgIpc) is 2.18. The second kappa shape index (κ2) is 3.79. The summed E-state index contributed by atoms with van der Waals surface area (Å²) in [6, 6.07) is 0. The number of hydrogen-bond donors (Lipinski definition) is 0. The van der Waals surface area contributed by atoms with Gasteiger partial charge in [-0.1, -0.05) is 22.0 Å². The molecule has 1 aliphatic rings. The summed E-state index contributed by atoms with van der Waals surface area (Å²) in [5, 5.41) is 0. The molecule has 1 aliphatic carbocycles. The van der Waals surface area contributed by atoms with E-state index in [1.807, 2.05) is 0 Å². The third-order valence-corrected chi connectivity index (χ3v) is 2.21. The van der Waals surface area contributed by atoms with Crippen LogP contribution >= 0.6 is 15.9 Å². The Morgan fingerprint density at radius 2 is 2.00 bits per heavy atom. The van der Waals surface area contributed by atoms with Gasteiger partial charge in [-0.3, -0.25) is 14.4 Å². The van der Waals surface area contributed by atoms with Gasteiger partial charge >= 0.3 is 0 Å². The van der Waals surface area contributed by atoms with E-state index in [1.54, 1.807) is 0 Å². The molecule has 0 heterocycles. The van der Waals surface area contributed by atoms with Gasteiger partial charge in [0.05, 0.1) is 0 Å². The molecule has 3 nitrogen and oxygen atoms in total. The lowest BCUT2D eigenvalue weighted by Gasteiger charge is -2.02. The molecule has 0 amide bonds. The molecule has 13 heavy (non-hydrogen) atoms. The van der Waals surface area contributed by atoms with Gasteiger partial charge in [0.2, 0.25) is 11.6 Å². The smallest absolute Gasteiger partial charge is 0.222 e. The van der Waals surface area contributed by atoms with Gasteiger partial charge < -0.3 is 0 Å². The number of Topliss-reactive ketones (excluding diaryl/α,β-unsaturated/α-hetero) is 2. The molecular weight excluding hydrogens is 236 g/mol. The van der Waals surface area contributed by atoms with Crippen molar-refractivity contribution in [2.45, 2.75) is 6.92 Å². The molecule has 0 aromatic heterocycles. The van der Waals surface area contributed by atoms with Crippen LogP contribution in [0, 0.1) is 5.92 Å². The standard InChI is InChI=1S/C9H7BrO3/c1-5(11)7-4-6(10)2-3-8(12)9(7)13/h2-4,7H,1H3. The first-order valence-electron chi connectivity index (χ1n) is 3.66. The van der Waals surface area contributed by atoms with Crippen LogP contribution in [0.2, 0.25) is 0 Å². The maximum Gasteiger partial charge on any atom is 0.222 e. The molecule has 0 aromatic rings. The first-order valence-corrected chi connectivity index (χ1v) is 4.45. The third-order valence-electron chi connectivity index (χ3n) is 1.68. The minimum absolute atomic E-state index is 0.320. The number of halogens is 1. The van der Waals surface area contributed by atoms with Gasteiger partial charge in [0, 0.05) is 4.48 Å². The Morgan fingerprint density at radius 3 is 2.54 bits per heavy atom. The van der Waals surface area contributed by atoms with Crippen molar-refractivity contribution in [3.8, 4) is 0 Å². The summed E-state index contributed by atoms with van der Waals surface area (Å²) in [5.74, 6) is -2.56. The highest BCUT2D eigenvalue weighted by Gasteiger charge is 2.27. The third kappa shape index (κ3) is 2.21. The first-order chi connectivity index (χ1) is 6.02. The molecule has 0 saturated carbocycles. The van der Waals surface area contributed by atoms with Gasteiger partial charge in [-0.05, 0) is 19.1 Å². The van der Waals surface area contributed by atoms with E-state index in [2.05, 4.69) is 15.9 Å². The van der Waals surface area contributed by atoms with E-state index in [0.29, 0.717) is 4.48 Å². The maximum atomic E-state index is 11.2. The lowest BCUT2D eigenvalue weighted by atomic mass is 9.98. The van der Waals surface area contributed by atoms with E-state index in [0.717, 1.165) is 6.08 Å². The van der Waals surface area contributed by atoms with Crippen molar-refractivity contribution in [3.63, 3.8) is 0 Å². The molecule has 4 heteroatoms. The first kappa shape index (κ1) is 10.1. The number of hydrogen-bond acceptors (Lipinski definition) is 3. The predicted molar refractivity (Wildman–Crippen MR) is 50.3 cm³/mol. The molecule has 0 bridgehead atoms. The van der Waals surface area contributed by atoms with Crippen LogP contribution in [0.3, 0.4) is 0 Å². The lowest BCUT2D eigenvalue weighted by Crippen LogP contribution is -2.25. The van der Waals surface area contributed by atoms with Gasteiger partial charge in [0.15, 0.2) is 0 Å². The fraction of sp³-hybridized carbons (Fsp3) is 0.222. The van der Waals surface area contributed by atoms with E-state index in [1.165, 1.54) is 19.1 Å². The SMILES string of the molecule is CC(=O)C1C=C(Br)C=CC(=O)C1=O. The van der Waals surface area contributed by atoms with Crippen LogP contribution in [0.1, 0.15) is 6.92 Å². The number of carbonyl (C=O) groups excluding carboxylic acids is 3. The maximum absolute atomic E-state index is 11.2. The van der Waals surface area contributed by atoms with Gasteiger partial charge in [-0.15, -0.1) is 0 Å². The summed E-state index contributed by atoms with van der Waals surface area (Å²) in [6.45, 7) is 1.29. The lowest BCUT2D eigenvalue weighted by molar-refractivity contribution is -0.138. The summed E-state index contributed by atoms with van der Waals surface area (Å²) in [7, 11) is 0. The zero-order chi connectivity index (χ0) is 10.0. The van der Waals surface area contributed by atoms with Crippen LogP contribution in [0.5, 0.6) is 0 Å². The Balaban J connectivity index is 3.10. The summed E-state index contributed by atoms with van der Waals surface area (Å²) in [5.41, 5.74) is 0. The van der Waals surface area contributed by atoms with Crippen molar-refractivity contribution in [2.24, 2.45) is 5.92 Å². The van der Waals surface area contributed by atoms with E-state index in [9.17, 15) is 14.4 Å². The van der Waals surface area contributed by atoms with Crippen LogP contribution in [0.25, 0.3) is 0 Å². The molecule has 68 valence electrons. The van der Waals surface area contributed by atoms with Crippen LogP contribution in [-0.2, 0) is 14.4 Å². The van der Waals surface area contributed by atoms with Crippen LogP contribution in [0.4, 0.5) is 0 Å². The number of ketones is 3. The molecule has 0 N–H and O–H groups in total. The Hall–Kier alpha value is -1.03. The highest BCUT2D eigenvalue weighted by atomic mass is 79.9. The highest BCUT2D eigenvalue weighted by molar-refractivity contribution is 9.11. The van der Waals surface area contributed by atoms with Gasteiger partial charge in [-0.2, -0.15) is 0 Å². The van der Waals surface area contributed by atoms with Gasteiger partial charge in [0.1, 0.15) is 11.7 Å². The zero-order valence-corrected chi connectivity index (χ0v) is 8.50. The average molecular weight is 243 g/mol. The summed E-state index contributed by atoms with van der Waals surface area (Å²) < 4.78 is 0.576. The topological polar surface area (TPSA) is 51.2 Å².